The van der Waals surface area contributed by atoms with Crippen molar-refractivity contribution in [3.05, 3.63) is 29.3 Å². The summed E-state index contributed by atoms with van der Waals surface area (Å²) >= 11 is 5.90. The summed E-state index contributed by atoms with van der Waals surface area (Å²) in [5, 5.41) is 0.618. The molecule has 1 aromatic rings. The van der Waals surface area contributed by atoms with Crippen LogP contribution in [0.5, 0.6) is 5.75 Å². The molecule has 2 fully saturated rings. The molecular formula is C21H29ClN2O4. The number of ether oxygens (including phenoxy) is 2. The Bertz CT molecular complexity index is 675. The van der Waals surface area contributed by atoms with Gasteiger partial charge in [0, 0.05) is 18.0 Å². The molecule has 1 saturated carbocycles. The standard InChI is InChI=1S/C21H29ClN2O4/c22-17-6-8-18(9-7-17)27-15-21(13-19(23)25)14-24(11-12-28-21)20(26)10-5-16-3-1-2-4-16/h6-9,16H,1-5,10-15H2,(H2,23,25)/t21-/m1/s1. The maximum Gasteiger partial charge on any atom is 0.222 e. The Hall–Kier alpha value is -1.79. The number of hydrogen-bond donors (Lipinski definition) is 1. The summed E-state index contributed by atoms with van der Waals surface area (Å²) in [5.74, 6) is 0.950. The van der Waals surface area contributed by atoms with Gasteiger partial charge in [0.15, 0.2) is 0 Å². The first-order valence-corrected chi connectivity index (χ1v) is 10.4. The number of halogens is 1. The lowest BCUT2D eigenvalue weighted by Crippen LogP contribution is -2.58. The lowest BCUT2D eigenvalue weighted by Gasteiger charge is -2.42. The van der Waals surface area contributed by atoms with Crippen molar-refractivity contribution < 1.29 is 19.1 Å². The normalized spacial score (nSPS) is 23.0. The summed E-state index contributed by atoms with van der Waals surface area (Å²) in [5.41, 5.74) is 4.54. The van der Waals surface area contributed by atoms with Crippen molar-refractivity contribution in [1.29, 1.82) is 0 Å². The minimum Gasteiger partial charge on any atom is -0.490 e. The Labute approximate surface area is 171 Å². The average molecular weight is 409 g/mol. The lowest BCUT2D eigenvalue weighted by molar-refractivity contribution is -0.162. The summed E-state index contributed by atoms with van der Waals surface area (Å²) in [6, 6.07) is 6.98. The third-order valence-corrected chi connectivity index (χ3v) is 5.91. The van der Waals surface area contributed by atoms with Crippen LogP contribution in [0.1, 0.15) is 44.9 Å². The molecule has 154 valence electrons. The zero-order valence-electron chi connectivity index (χ0n) is 16.2. The fourth-order valence-electron chi connectivity index (χ4n) is 4.15. The summed E-state index contributed by atoms with van der Waals surface area (Å²) in [6.07, 6.45) is 6.52. The van der Waals surface area contributed by atoms with E-state index in [0.29, 0.717) is 42.8 Å². The fourth-order valence-corrected chi connectivity index (χ4v) is 4.28. The van der Waals surface area contributed by atoms with Gasteiger partial charge in [-0.3, -0.25) is 9.59 Å². The van der Waals surface area contributed by atoms with Crippen LogP contribution < -0.4 is 10.5 Å². The third-order valence-electron chi connectivity index (χ3n) is 5.65. The number of primary amides is 1. The first kappa shape index (κ1) is 20.9. The number of rotatable bonds is 8. The van der Waals surface area contributed by atoms with Gasteiger partial charge < -0.3 is 20.1 Å². The van der Waals surface area contributed by atoms with Gasteiger partial charge in [0.1, 0.15) is 18.0 Å². The molecule has 1 aliphatic heterocycles. The molecule has 2 aliphatic rings. The van der Waals surface area contributed by atoms with Gasteiger partial charge in [0.05, 0.1) is 19.6 Å². The van der Waals surface area contributed by atoms with Crippen molar-refractivity contribution in [3.63, 3.8) is 0 Å². The molecule has 1 atom stereocenters. The van der Waals surface area contributed by atoms with Gasteiger partial charge >= 0.3 is 0 Å². The second kappa shape index (κ2) is 9.61. The molecule has 0 unspecified atom stereocenters. The van der Waals surface area contributed by atoms with Crippen molar-refractivity contribution in [2.45, 2.75) is 50.5 Å². The predicted molar refractivity (Wildman–Crippen MR) is 107 cm³/mol. The topological polar surface area (TPSA) is 81.9 Å². The summed E-state index contributed by atoms with van der Waals surface area (Å²) in [7, 11) is 0. The largest absolute Gasteiger partial charge is 0.490 e. The van der Waals surface area contributed by atoms with E-state index in [1.54, 1.807) is 29.2 Å². The van der Waals surface area contributed by atoms with Crippen molar-refractivity contribution in [3.8, 4) is 5.75 Å². The fraction of sp³-hybridized carbons (Fsp3) is 0.619. The molecule has 1 heterocycles. The maximum atomic E-state index is 12.7. The maximum absolute atomic E-state index is 12.7. The van der Waals surface area contributed by atoms with E-state index in [1.165, 1.54) is 25.7 Å². The second-order valence-corrected chi connectivity index (χ2v) is 8.36. The number of nitrogens with two attached hydrogens (primary N) is 1. The molecule has 28 heavy (non-hydrogen) atoms. The molecule has 3 rings (SSSR count). The molecule has 1 aromatic carbocycles. The van der Waals surface area contributed by atoms with Crippen LogP contribution in [0, 0.1) is 5.92 Å². The van der Waals surface area contributed by atoms with Crippen LogP contribution in [0.3, 0.4) is 0 Å². The van der Waals surface area contributed by atoms with E-state index in [0.717, 1.165) is 6.42 Å². The van der Waals surface area contributed by atoms with Crippen molar-refractivity contribution in [1.82, 2.24) is 4.90 Å². The molecular weight excluding hydrogens is 380 g/mol. The van der Waals surface area contributed by atoms with E-state index < -0.39 is 11.5 Å². The van der Waals surface area contributed by atoms with Gasteiger partial charge in [0.2, 0.25) is 11.8 Å². The van der Waals surface area contributed by atoms with Crippen molar-refractivity contribution in [2.24, 2.45) is 11.7 Å². The van der Waals surface area contributed by atoms with Gasteiger partial charge in [-0.25, -0.2) is 0 Å². The molecule has 0 radical (unpaired) electrons. The zero-order chi connectivity index (χ0) is 20.0. The number of nitrogens with zero attached hydrogens (tertiary/aromatic N) is 1. The van der Waals surface area contributed by atoms with E-state index in [2.05, 4.69) is 0 Å². The molecule has 0 bridgehead atoms. The SMILES string of the molecule is NC(=O)C[C@]1(COc2ccc(Cl)cc2)CN(C(=O)CCC2CCCC2)CCO1. The van der Waals surface area contributed by atoms with Crippen LogP contribution in [0.15, 0.2) is 24.3 Å². The van der Waals surface area contributed by atoms with Gasteiger partial charge in [-0.15, -0.1) is 0 Å². The first-order chi connectivity index (χ1) is 13.5. The third kappa shape index (κ3) is 5.85. The van der Waals surface area contributed by atoms with Gasteiger partial charge in [-0.2, -0.15) is 0 Å². The number of amides is 2. The Balaban J connectivity index is 1.60. The molecule has 6 nitrogen and oxygen atoms in total. The predicted octanol–water partition coefficient (Wildman–Crippen LogP) is 3.16. The highest BCUT2D eigenvalue weighted by molar-refractivity contribution is 6.30. The molecule has 2 amide bonds. The molecule has 2 N–H and O–H groups in total. The molecule has 1 saturated heterocycles. The van der Waals surface area contributed by atoms with Crippen LogP contribution in [0.2, 0.25) is 5.02 Å². The van der Waals surface area contributed by atoms with Crippen LogP contribution >= 0.6 is 11.6 Å². The van der Waals surface area contributed by atoms with Crippen molar-refractivity contribution >= 4 is 23.4 Å². The van der Waals surface area contributed by atoms with E-state index in [1.807, 2.05) is 0 Å². The minimum absolute atomic E-state index is 0.00694. The minimum atomic E-state index is -0.924. The zero-order valence-corrected chi connectivity index (χ0v) is 17.0. The highest BCUT2D eigenvalue weighted by Gasteiger charge is 2.40. The van der Waals surface area contributed by atoms with Gasteiger partial charge in [-0.1, -0.05) is 37.3 Å². The first-order valence-electron chi connectivity index (χ1n) is 10.0. The summed E-state index contributed by atoms with van der Waals surface area (Å²) in [4.78, 5) is 26.2. The number of benzene rings is 1. The van der Waals surface area contributed by atoms with Crippen LogP contribution in [-0.4, -0.2) is 48.6 Å². The molecule has 1 aliphatic carbocycles. The molecule has 7 heteroatoms. The quantitative estimate of drug-likeness (QED) is 0.716. The van der Waals surface area contributed by atoms with Crippen LogP contribution in [-0.2, 0) is 14.3 Å². The number of morpholine rings is 1. The smallest absolute Gasteiger partial charge is 0.222 e. The Morgan fingerprint density at radius 3 is 2.64 bits per heavy atom. The summed E-state index contributed by atoms with van der Waals surface area (Å²) in [6.45, 7) is 1.36. The Morgan fingerprint density at radius 1 is 1.25 bits per heavy atom. The Morgan fingerprint density at radius 2 is 1.96 bits per heavy atom. The highest BCUT2D eigenvalue weighted by atomic mass is 35.5. The molecule has 0 aromatic heterocycles. The van der Waals surface area contributed by atoms with Crippen molar-refractivity contribution in [2.75, 3.05) is 26.3 Å². The summed E-state index contributed by atoms with van der Waals surface area (Å²) < 4.78 is 11.8. The van der Waals surface area contributed by atoms with Crippen LogP contribution in [0.4, 0.5) is 0 Å². The lowest BCUT2D eigenvalue weighted by atomic mass is 9.96. The number of carbonyl (C=O) groups excluding carboxylic acids is 2. The van der Waals surface area contributed by atoms with E-state index in [9.17, 15) is 9.59 Å². The van der Waals surface area contributed by atoms with E-state index in [-0.39, 0.29) is 18.9 Å². The highest BCUT2D eigenvalue weighted by Crippen LogP contribution is 2.30. The Kier molecular flexibility index (Phi) is 7.18. The monoisotopic (exact) mass is 408 g/mol. The number of carbonyl (C=O) groups is 2. The van der Waals surface area contributed by atoms with E-state index >= 15 is 0 Å². The van der Waals surface area contributed by atoms with Crippen LogP contribution in [0.25, 0.3) is 0 Å². The van der Waals surface area contributed by atoms with Gasteiger partial charge in [0.25, 0.3) is 0 Å². The van der Waals surface area contributed by atoms with E-state index in [4.69, 9.17) is 26.8 Å². The second-order valence-electron chi connectivity index (χ2n) is 7.92. The average Bonchev–Trinajstić information content (AvgIpc) is 3.19. The molecule has 0 spiro atoms. The number of hydrogen-bond acceptors (Lipinski definition) is 4. The van der Waals surface area contributed by atoms with Gasteiger partial charge in [-0.05, 0) is 36.6 Å².